The van der Waals surface area contributed by atoms with Gasteiger partial charge in [-0.2, -0.15) is 0 Å². The normalized spacial score (nSPS) is 12.2. The van der Waals surface area contributed by atoms with Gasteiger partial charge in [-0.05, 0) is 12.3 Å². The molecule has 1 atom stereocenters. The van der Waals surface area contributed by atoms with E-state index in [1.54, 1.807) is 0 Å². The molecule has 0 saturated heterocycles. The fraction of sp³-hybridized carbons (Fsp3) is 0.875. The van der Waals surface area contributed by atoms with Gasteiger partial charge in [0, 0.05) is 0 Å². The first-order valence-corrected chi connectivity index (χ1v) is 3.89. The zero-order valence-electron chi connectivity index (χ0n) is 6.85. The minimum Gasteiger partial charge on any atom is -0.242 e. The minimum atomic E-state index is 0.752. The third-order valence-electron chi connectivity index (χ3n) is 1.59. The highest BCUT2D eigenvalue weighted by atomic mass is 14.7. The molecule has 2 heteroatoms. The van der Waals surface area contributed by atoms with Gasteiger partial charge in [0.1, 0.15) is 0 Å². The smallest absolute Gasteiger partial charge is 0.0861 e. The molecule has 0 radical (unpaired) electrons. The Kier molecular flexibility index (Phi) is 6.10. The highest BCUT2D eigenvalue weighted by Gasteiger charge is 1.97. The summed E-state index contributed by atoms with van der Waals surface area (Å²) in [5.74, 6) is 0.752. The Balaban J connectivity index is 3.20. The molecule has 0 aliphatic carbocycles. The van der Waals surface area contributed by atoms with Crippen LogP contribution in [0.3, 0.4) is 0 Å². The van der Waals surface area contributed by atoms with Gasteiger partial charge in [0.15, 0.2) is 0 Å². The molecule has 0 aromatic rings. The van der Waals surface area contributed by atoms with Crippen molar-refractivity contribution >= 4 is 6.01 Å². The average Bonchev–Trinajstić information content (AvgIpc) is 1.89. The standard InChI is InChI=1S/C8H16N2/c1-3-4-8(2)5-6-10-7-9/h8-9H,3-6H2,1-2H3. The Bertz CT molecular complexity index is 114. The van der Waals surface area contributed by atoms with Crippen molar-refractivity contribution in [3.63, 3.8) is 0 Å². The largest absolute Gasteiger partial charge is 0.242 e. The van der Waals surface area contributed by atoms with Crippen molar-refractivity contribution in [3.8, 4) is 0 Å². The number of hydrogen-bond acceptors (Lipinski definition) is 2. The molecule has 0 rings (SSSR count). The number of rotatable bonds is 5. The quantitative estimate of drug-likeness (QED) is 0.570. The van der Waals surface area contributed by atoms with Crippen LogP contribution in [0.25, 0.3) is 0 Å². The monoisotopic (exact) mass is 140 g/mol. The van der Waals surface area contributed by atoms with E-state index in [2.05, 4.69) is 18.8 Å². The molecular formula is C8H16N2. The van der Waals surface area contributed by atoms with Gasteiger partial charge in [-0.15, -0.1) is 0 Å². The molecule has 2 nitrogen and oxygen atoms in total. The topological polar surface area (TPSA) is 36.2 Å². The van der Waals surface area contributed by atoms with Gasteiger partial charge in [-0.3, -0.25) is 0 Å². The van der Waals surface area contributed by atoms with Gasteiger partial charge in [-0.1, -0.05) is 26.7 Å². The lowest BCUT2D eigenvalue weighted by atomic mass is 10.0. The molecule has 0 aliphatic heterocycles. The molecule has 0 bridgehead atoms. The first kappa shape index (κ1) is 9.38. The summed E-state index contributed by atoms with van der Waals surface area (Å²) in [7, 11) is 0. The summed E-state index contributed by atoms with van der Waals surface area (Å²) in [6, 6.07) is 2.04. The molecule has 0 aromatic heterocycles. The van der Waals surface area contributed by atoms with Crippen LogP contribution in [0.4, 0.5) is 0 Å². The van der Waals surface area contributed by atoms with Crippen LogP contribution in [0.5, 0.6) is 0 Å². The van der Waals surface area contributed by atoms with Crippen LogP contribution in [0.15, 0.2) is 4.99 Å². The SMILES string of the molecule is CCCC(C)CCN=C=N. The minimum absolute atomic E-state index is 0.752. The average molecular weight is 140 g/mol. The number of aliphatic imine (C=N–C) groups is 1. The van der Waals surface area contributed by atoms with E-state index >= 15 is 0 Å². The van der Waals surface area contributed by atoms with Crippen molar-refractivity contribution in [2.45, 2.75) is 33.1 Å². The van der Waals surface area contributed by atoms with Gasteiger partial charge in [-0.25, -0.2) is 10.4 Å². The van der Waals surface area contributed by atoms with E-state index in [9.17, 15) is 0 Å². The van der Waals surface area contributed by atoms with Gasteiger partial charge >= 0.3 is 0 Å². The molecule has 0 aliphatic rings. The predicted octanol–water partition coefficient (Wildman–Crippen LogP) is 2.57. The van der Waals surface area contributed by atoms with Crippen molar-refractivity contribution in [1.29, 1.82) is 5.41 Å². The summed E-state index contributed by atoms with van der Waals surface area (Å²) >= 11 is 0. The van der Waals surface area contributed by atoms with E-state index in [4.69, 9.17) is 5.41 Å². The van der Waals surface area contributed by atoms with Crippen molar-refractivity contribution in [2.24, 2.45) is 10.9 Å². The Morgan fingerprint density at radius 2 is 2.20 bits per heavy atom. The van der Waals surface area contributed by atoms with Crippen LogP contribution in [-0.2, 0) is 0 Å². The second kappa shape index (κ2) is 6.50. The van der Waals surface area contributed by atoms with Crippen LogP contribution < -0.4 is 0 Å². The van der Waals surface area contributed by atoms with Gasteiger partial charge in [0.05, 0.1) is 12.6 Å². The van der Waals surface area contributed by atoms with E-state index in [-0.39, 0.29) is 0 Å². The lowest BCUT2D eigenvalue weighted by molar-refractivity contribution is 0.494. The maximum absolute atomic E-state index is 6.53. The lowest BCUT2D eigenvalue weighted by Gasteiger charge is -2.05. The predicted molar refractivity (Wildman–Crippen MR) is 43.7 cm³/mol. The molecule has 0 fully saturated rings. The van der Waals surface area contributed by atoms with E-state index in [1.165, 1.54) is 12.8 Å². The molecule has 0 aromatic carbocycles. The van der Waals surface area contributed by atoms with Gasteiger partial charge in [0.25, 0.3) is 0 Å². The number of nitrogens with one attached hydrogen (secondary N) is 1. The van der Waals surface area contributed by atoms with E-state index < -0.39 is 0 Å². The summed E-state index contributed by atoms with van der Waals surface area (Å²) < 4.78 is 0. The highest BCUT2D eigenvalue weighted by molar-refractivity contribution is 5.35. The van der Waals surface area contributed by atoms with Crippen LogP contribution >= 0.6 is 0 Å². The lowest BCUT2D eigenvalue weighted by Crippen LogP contribution is -1.95. The molecule has 10 heavy (non-hydrogen) atoms. The van der Waals surface area contributed by atoms with Crippen molar-refractivity contribution in [3.05, 3.63) is 0 Å². The Labute approximate surface area is 62.9 Å². The van der Waals surface area contributed by atoms with E-state index in [0.29, 0.717) is 0 Å². The van der Waals surface area contributed by atoms with Crippen molar-refractivity contribution < 1.29 is 0 Å². The third-order valence-corrected chi connectivity index (χ3v) is 1.59. The molecule has 0 amide bonds. The van der Waals surface area contributed by atoms with Gasteiger partial charge in [0.2, 0.25) is 0 Å². The molecule has 0 spiro atoms. The zero-order chi connectivity index (χ0) is 7.82. The Morgan fingerprint density at radius 3 is 2.70 bits per heavy atom. The van der Waals surface area contributed by atoms with Crippen LogP contribution in [-0.4, -0.2) is 12.6 Å². The number of hydrogen-bond donors (Lipinski definition) is 1. The summed E-state index contributed by atoms with van der Waals surface area (Å²) in [5, 5.41) is 6.53. The maximum Gasteiger partial charge on any atom is 0.0861 e. The molecule has 58 valence electrons. The van der Waals surface area contributed by atoms with Gasteiger partial charge < -0.3 is 0 Å². The zero-order valence-corrected chi connectivity index (χ0v) is 6.85. The summed E-state index contributed by atoms with van der Waals surface area (Å²) in [6.45, 7) is 5.18. The second-order valence-corrected chi connectivity index (χ2v) is 2.68. The van der Waals surface area contributed by atoms with Crippen LogP contribution in [0.2, 0.25) is 0 Å². The van der Waals surface area contributed by atoms with E-state index in [1.807, 2.05) is 6.01 Å². The maximum atomic E-state index is 6.53. The van der Waals surface area contributed by atoms with Crippen molar-refractivity contribution in [1.82, 2.24) is 0 Å². The molecule has 1 unspecified atom stereocenters. The molecule has 0 saturated carbocycles. The van der Waals surface area contributed by atoms with Crippen LogP contribution in [0, 0.1) is 11.3 Å². The van der Waals surface area contributed by atoms with E-state index in [0.717, 1.165) is 18.9 Å². The number of nitrogens with zero attached hydrogens (tertiary/aromatic N) is 1. The third kappa shape index (κ3) is 5.52. The summed E-state index contributed by atoms with van der Waals surface area (Å²) in [5.41, 5.74) is 0. The second-order valence-electron chi connectivity index (χ2n) is 2.68. The fourth-order valence-corrected chi connectivity index (χ4v) is 0.978. The molecule has 1 N–H and O–H groups in total. The first-order valence-electron chi connectivity index (χ1n) is 3.89. The summed E-state index contributed by atoms with van der Waals surface area (Å²) in [6.07, 6.45) is 3.61. The van der Waals surface area contributed by atoms with Crippen LogP contribution in [0.1, 0.15) is 33.1 Å². The summed E-state index contributed by atoms with van der Waals surface area (Å²) in [4.78, 5) is 3.71. The highest BCUT2D eigenvalue weighted by Crippen LogP contribution is 2.08. The first-order chi connectivity index (χ1) is 4.81. The Hall–Kier alpha value is -0.620. The molecular weight excluding hydrogens is 124 g/mol. The molecule has 0 heterocycles. The fourth-order valence-electron chi connectivity index (χ4n) is 0.978. The van der Waals surface area contributed by atoms with Crippen molar-refractivity contribution in [2.75, 3.05) is 6.54 Å². The Morgan fingerprint density at radius 1 is 1.50 bits per heavy atom.